The summed E-state index contributed by atoms with van der Waals surface area (Å²) in [4.78, 5) is 17.2. The Morgan fingerprint density at radius 1 is 1.06 bits per heavy atom. The largest absolute Gasteiger partial charge is 0.495 e. The highest BCUT2D eigenvalue weighted by molar-refractivity contribution is 7.89. The number of methoxy groups -OCH3 is 1. The fourth-order valence-electron chi connectivity index (χ4n) is 3.18. The number of aromatic nitrogens is 1. The van der Waals surface area contributed by atoms with Crippen LogP contribution in [0.3, 0.4) is 0 Å². The number of hydrogen-bond donors (Lipinski definition) is 1. The maximum absolute atomic E-state index is 12.5. The van der Waals surface area contributed by atoms with E-state index in [0.29, 0.717) is 11.5 Å². The van der Waals surface area contributed by atoms with Crippen LogP contribution in [0.2, 0.25) is 0 Å². The van der Waals surface area contributed by atoms with E-state index in [-0.39, 0.29) is 17.2 Å². The SMILES string of the molecule is COc1ccc(S(=O)(=O)N(C)C)cc1NC(=O)COc1ccc(-c2nc3ccccc3s2)cc1. The number of carbonyl (C=O) groups is 1. The molecular weight excluding hydrogens is 474 g/mol. The predicted octanol–water partition coefficient (Wildman–Crippen LogP) is 4.24. The van der Waals surface area contributed by atoms with Gasteiger partial charge < -0.3 is 14.8 Å². The van der Waals surface area contributed by atoms with Gasteiger partial charge in [0, 0.05) is 19.7 Å². The molecule has 0 unspecified atom stereocenters. The van der Waals surface area contributed by atoms with Crippen LogP contribution < -0.4 is 14.8 Å². The molecule has 0 bridgehead atoms. The summed E-state index contributed by atoms with van der Waals surface area (Å²) in [6.07, 6.45) is 0. The molecule has 34 heavy (non-hydrogen) atoms. The fourth-order valence-corrected chi connectivity index (χ4v) is 5.08. The van der Waals surface area contributed by atoms with Crippen LogP contribution in [0.1, 0.15) is 0 Å². The van der Waals surface area contributed by atoms with Gasteiger partial charge in [0.2, 0.25) is 10.0 Å². The zero-order chi connectivity index (χ0) is 24.3. The van der Waals surface area contributed by atoms with Crippen molar-refractivity contribution in [2.75, 3.05) is 33.1 Å². The van der Waals surface area contributed by atoms with E-state index in [1.807, 2.05) is 36.4 Å². The maximum atomic E-state index is 12.5. The van der Waals surface area contributed by atoms with Gasteiger partial charge in [-0.2, -0.15) is 0 Å². The van der Waals surface area contributed by atoms with Gasteiger partial charge >= 0.3 is 0 Å². The molecule has 10 heteroatoms. The monoisotopic (exact) mass is 497 g/mol. The highest BCUT2D eigenvalue weighted by Gasteiger charge is 2.20. The molecule has 3 aromatic carbocycles. The summed E-state index contributed by atoms with van der Waals surface area (Å²) >= 11 is 1.61. The van der Waals surface area contributed by atoms with E-state index >= 15 is 0 Å². The van der Waals surface area contributed by atoms with Gasteiger partial charge in [0.15, 0.2) is 6.61 Å². The van der Waals surface area contributed by atoms with Crippen LogP contribution in [0.5, 0.6) is 11.5 Å². The summed E-state index contributed by atoms with van der Waals surface area (Å²) in [6.45, 7) is -0.256. The Balaban J connectivity index is 1.42. The lowest BCUT2D eigenvalue weighted by Gasteiger charge is -2.15. The predicted molar refractivity (Wildman–Crippen MR) is 133 cm³/mol. The molecule has 0 aliphatic rings. The van der Waals surface area contributed by atoms with E-state index in [9.17, 15) is 13.2 Å². The average molecular weight is 498 g/mol. The maximum Gasteiger partial charge on any atom is 0.262 e. The molecule has 0 aliphatic carbocycles. The third-order valence-electron chi connectivity index (χ3n) is 4.99. The lowest BCUT2D eigenvalue weighted by molar-refractivity contribution is -0.118. The third kappa shape index (κ3) is 5.04. The Labute approximate surface area is 201 Å². The van der Waals surface area contributed by atoms with E-state index < -0.39 is 15.9 Å². The normalized spacial score (nSPS) is 11.5. The van der Waals surface area contributed by atoms with Crippen LogP contribution in [0.15, 0.2) is 71.6 Å². The first-order valence-electron chi connectivity index (χ1n) is 10.3. The van der Waals surface area contributed by atoms with Gasteiger partial charge in [-0.1, -0.05) is 12.1 Å². The smallest absolute Gasteiger partial charge is 0.262 e. The fraction of sp³-hybridized carbons (Fsp3) is 0.167. The number of amides is 1. The van der Waals surface area contributed by atoms with E-state index in [2.05, 4.69) is 10.3 Å². The van der Waals surface area contributed by atoms with Crippen LogP contribution in [0, 0.1) is 0 Å². The lowest BCUT2D eigenvalue weighted by atomic mass is 10.2. The second kappa shape index (κ2) is 9.80. The zero-order valence-corrected chi connectivity index (χ0v) is 20.4. The molecule has 1 amide bonds. The molecule has 4 aromatic rings. The number of thiazole rings is 1. The number of nitrogens with zero attached hydrogens (tertiary/aromatic N) is 2. The number of hydrogen-bond acceptors (Lipinski definition) is 7. The number of carbonyl (C=O) groups excluding carboxylic acids is 1. The van der Waals surface area contributed by atoms with Crippen LogP contribution >= 0.6 is 11.3 Å². The van der Waals surface area contributed by atoms with Crippen LogP contribution in [-0.4, -0.2) is 51.4 Å². The van der Waals surface area contributed by atoms with Crippen molar-refractivity contribution in [1.29, 1.82) is 0 Å². The number of fused-ring (bicyclic) bond motifs is 1. The molecule has 1 aromatic heterocycles. The minimum Gasteiger partial charge on any atom is -0.495 e. The molecule has 8 nitrogen and oxygen atoms in total. The first kappa shape index (κ1) is 23.7. The highest BCUT2D eigenvalue weighted by atomic mass is 32.2. The van der Waals surface area contributed by atoms with Gasteiger partial charge in [0.05, 0.1) is 27.9 Å². The third-order valence-corrected chi connectivity index (χ3v) is 7.89. The van der Waals surface area contributed by atoms with Crippen molar-refractivity contribution >= 4 is 43.2 Å². The Morgan fingerprint density at radius 2 is 1.79 bits per heavy atom. The summed E-state index contributed by atoms with van der Waals surface area (Å²) < 4.78 is 37.9. The van der Waals surface area contributed by atoms with Gasteiger partial charge in [0.1, 0.15) is 16.5 Å². The molecule has 0 saturated heterocycles. The first-order valence-corrected chi connectivity index (χ1v) is 12.5. The number of rotatable bonds is 8. The van der Waals surface area contributed by atoms with Crippen molar-refractivity contribution in [1.82, 2.24) is 9.29 Å². The van der Waals surface area contributed by atoms with Crippen LogP contribution in [0.25, 0.3) is 20.8 Å². The van der Waals surface area contributed by atoms with Crippen LogP contribution in [0.4, 0.5) is 5.69 Å². The zero-order valence-electron chi connectivity index (χ0n) is 18.8. The highest BCUT2D eigenvalue weighted by Crippen LogP contribution is 2.31. The molecule has 0 fully saturated rings. The van der Waals surface area contributed by atoms with Crippen molar-refractivity contribution < 1.29 is 22.7 Å². The molecule has 1 heterocycles. The van der Waals surface area contributed by atoms with Gasteiger partial charge in [0.25, 0.3) is 5.91 Å². The van der Waals surface area contributed by atoms with Gasteiger partial charge in [-0.25, -0.2) is 17.7 Å². The Kier molecular flexibility index (Phi) is 6.82. The lowest BCUT2D eigenvalue weighted by Crippen LogP contribution is -2.23. The van der Waals surface area contributed by atoms with Gasteiger partial charge in [-0.15, -0.1) is 11.3 Å². The molecular formula is C24H23N3O5S2. The molecule has 0 aliphatic heterocycles. The minimum absolute atomic E-state index is 0.0416. The van der Waals surface area contributed by atoms with Crippen molar-refractivity contribution in [3.05, 3.63) is 66.7 Å². The minimum atomic E-state index is -3.66. The average Bonchev–Trinajstić information content (AvgIpc) is 3.27. The standard InChI is InChI=1S/C24H23N3O5S2/c1-27(2)34(29,30)18-12-13-21(31-3)20(14-18)25-23(28)15-32-17-10-8-16(9-11-17)24-26-19-6-4-5-7-22(19)33-24/h4-14H,15H2,1-3H3,(H,25,28). The second-order valence-corrected chi connectivity index (χ2v) is 10.7. The van der Waals surface area contributed by atoms with E-state index in [4.69, 9.17) is 9.47 Å². The van der Waals surface area contributed by atoms with E-state index in [1.165, 1.54) is 39.4 Å². The summed E-state index contributed by atoms with van der Waals surface area (Å²) in [7, 11) is 0.655. The second-order valence-electron chi connectivity index (χ2n) is 7.50. The van der Waals surface area contributed by atoms with Crippen LogP contribution in [-0.2, 0) is 14.8 Å². The topological polar surface area (TPSA) is 97.8 Å². The number of anilines is 1. The Morgan fingerprint density at radius 3 is 2.47 bits per heavy atom. The van der Waals surface area contributed by atoms with E-state index in [0.717, 1.165) is 25.1 Å². The summed E-state index contributed by atoms with van der Waals surface area (Å²) in [5.74, 6) is 0.412. The number of ether oxygens (including phenoxy) is 2. The first-order chi connectivity index (χ1) is 16.3. The van der Waals surface area contributed by atoms with Crippen molar-refractivity contribution in [2.45, 2.75) is 4.90 Å². The number of para-hydroxylation sites is 1. The Bertz CT molecular complexity index is 1400. The molecule has 0 saturated carbocycles. The van der Waals surface area contributed by atoms with Crippen molar-refractivity contribution in [3.8, 4) is 22.1 Å². The summed E-state index contributed by atoms with van der Waals surface area (Å²) in [6, 6.07) is 19.6. The summed E-state index contributed by atoms with van der Waals surface area (Å²) in [5, 5.41) is 3.56. The molecule has 0 atom stereocenters. The van der Waals surface area contributed by atoms with Gasteiger partial charge in [-0.05, 0) is 54.6 Å². The molecule has 176 valence electrons. The van der Waals surface area contributed by atoms with Gasteiger partial charge in [-0.3, -0.25) is 4.79 Å². The molecule has 4 rings (SSSR count). The Hall–Kier alpha value is -3.47. The molecule has 0 spiro atoms. The van der Waals surface area contributed by atoms with E-state index in [1.54, 1.807) is 23.5 Å². The number of nitrogens with one attached hydrogen (secondary N) is 1. The number of benzene rings is 3. The molecule has 1 N–H and O–H groups in total. The summed E-state index contributed by atoms with van der Waals surface area (Å²) in [5.41, 5.74) is 2.16. The quantitative estimate of drug-likeness (QED) is 0.391. The van der Waals surface area contributed by atoms with Crippen molar-refractivity contribution in [2.24, 2.45) is 0 Å². The number of sulfonamides is 1. The molecule has 0 radical (unpaired) electrons. The van der Waals surface area contributed by atoms with Crippen molar-refractivity contribution in [3.63, 3.8) is 0 Å².